The van der Waals surface area contributed by atoms with Crippen LogP contribution in [0.4, 0.5) is 22.0 Å². The quantitative estimate of drug-likeness (QED) is 0.274. The number of hydrogen-bond donors (Lipinski definition) is 1. The van der Waals surface area contributed by atoms with Gasteiger partial charge in [0.15, 0.2) is 31.6 Å². The smallest absolute Gasteiger partial charge is 0.200 e. The predicted octanol–water partition coefficient (Wildman–Crippen LogP) is 6.15. The minimum atomic E-state index is -2.69. The number of halogens is 5. The summed E-state index contributed by atoms with van der Waals surface area (Å²) < 4.78 is 76.4. The van der Waals surface area contributed by atoms with Crippen molar-refractivity contribution in [2.75, 3.05) is 0 Å². The molecule has 0 amide bonds. The molecule has 2 N–H and O–H groups in total. The Hall–Kier alpha value is -1.77. The summed E-state index contributed by atoms with van der Waals surface area (Å²) in [4.78, 5) is 0. The summed E-state index contributed by atoms with van der Waals surface area (Å²) in [7, 11) is -2.69. The van der Waals surface area contributed by atoms with Crippen LogP contribution in [0, 0.1) is 29.1 Å². The van der Waals surface area contributed by atoms with Gasteiger partial charge in [0, 0.05) is 0 Å². The van der Waals surface area contributed by atoms with Gasteiger partial charge >= 0.3 is 0 Å². The minimum Gasteiger partial charge on any atom is -0.408 e. The van der Waals surface area contributed by atoms with Gasteiger partial charge in [-0.15, -0.1) is 0 Å². The molecule has 2 aromatic rings. The molecule has 0 saturated carbocycles. The third-order valence-electron chi connectivity index (χ3n) is 5.27. The zero-order chi connectivity index (χ0) is 21.4. The molecule has 2 atom stereocenters. The molecule has 0 aromatic heterocycles. The van der Waals surface area contributed by atoms with Crippen molar-refractivity contribution in [2.45, 2.75) is 51.0 Å². The largest absolute Gasteiger partial charge is 0.408 e. The minimum absolute atomic E-state index is 0.383. The average molecular weight is 417 g/mol. The first-order chi connectivity index (χ1) is 12.8. The highest BCUT2D eigenvalue weighted by Crippen LogP contribution is 2.44. The first kappa shape index (κ1) is 22.5. The second-order valence-corrected chi connectivity index (χ2v) is 13.0. The van der Waals surface area contributed by atoms with E-state index in [4.69, 9.17) is 10.2 Å². The van der Waals surface area contributed by atoms with Gasteiger partial charge in [0.1, 0.15) is 0 Å². The van der Waals surface area contributed by atoms with Crippen molar-refractivity contribution in [1.82, 2.24) is 0 Å². The van der Waals surface area contributed by atoms with Gasteiger partial charge in [-0.2, -0.15) is 0 Å². The summed E-state index contributed by atoms with van der Waals surface area (Å²) in [5, 5.41) is -0.383. The lowest BCUT2D eigenvalue weighted by atomic mass is 9.95. The fourth-order valence-electron chi connectivity index (χ4n) is 2.53. The van der Waals surface area contributed by atoms with Crippen LogP contribution in [0.3, 0.4) is 0 Å². The van der Waals surface area contributed by atoms with Crippen LogP contribution in [0.15, 0.2) is 30.3 Å². The molecule has 0 aliphatic heterocycles. The summed E-state index contributed by atoms with van der Waals surface area (Å²) in [6, 6.07) is 7.13. The molecule has 0 aliphatic carbocycles. The van der Waals surface area contributed by atoms with Crippen LogP contribution in [0.1, 0.15) is 44.0 Å². The molecule has 154 valence electrons. The molecular formula is C20H24F5NOSi. The van der Waals surface area contributed by atoms with Crippen LogP contribution in [0.25, 0.3) is 0 Å². The maximum atomic E-state index is 14.6. The van der Waals surface area contributed by atoms with Gasteiger partial charge in [-0.25, -0.2) is 22.0 Å². The average Bonchev–Trinajstić information content (AvgIpc) is 2.63. The Morgan fingerprint density at radius 1 is 0.821 bits per heavy atom. The molecule has 0 heterocycles. The second-order valence-electron chi connectivity index (χ2n) is 8.22. The van der Waals surface area contributed by atoms with E-state index < -0.39 is 55.1 Å². The highest BCUT2D eigenvalue weighted by Gasteiger charge is 2.43. The highest BCUT2D eigenvalue weighted by molar-refractivity contribution is 6.74. The summed E-state index contributed by atoms with van der Waals surface area (Å²) in [6.07, 6.45) is -1.55. The monoisotopic (exact) mass is 417 g/mol. The third kappa shape index (κ3) is 4.13. The summed E-state index contributed by atoms with van der Waals surface area (Å²) in [5.74, 6) is -10.1. The Morgan fingerprint density at radius 3 is 1.68 bits per heavy atom. The Kier molecular flexibility index (Phi) is 6.37. The molecular weight excluding hydrogens is 393 g/mol. The maximum absolute atomic E-state index is 14.6. The Morgan fingerprint density at radius 2 is 1.25 bits per heavy atom. The molecule has 0 fully saturated rings. The van der Waals surface area contributed by atoms with Crippen LogP contribution in [0.2, 0.25) is 18.1 Å². The first-order valence-electron chi connectivity index (χ1n) is 8.79. The van der Waals surface area contributed by atoms with E-state index in [1.54, 1.807) is 30.3 Å². The number of benzene rings is 2. The zero-order valence-corrected chi connectivity index (χ0v) is 17.4. The lowest BCUT2D eigenvalue weighted by Gasteiger charge is -2.41. The van der Waals surface area contributed by atoms with Crippen molar-refractivity contribution < 1.29 is 26.4 Å². The van der Waals surface area contributed by atoms with Gasteiger partial charge in [-0.05, 0) is 23.7 Å². The molecule has 2 aromatic carbocycles. The Balaban J connectivity index is 2.70. The molecule has 0 radical (unpaired) electrons. The molecule has 2 rings (SSSR count). The maximum Gasteiger partial charge on any atom is 0.200 e. The van der Waals surface area contributed by atoms with E-state index in [9.17, 15) is 22.0 Å². The fourth-order valence-corrected chi connectivity index (χ4v) is 3.78. The topological polar surface area (TPSA) is 35.2 Å². The Bertz CT molecular complexity index is 823. The second kappa shape index (κ2) is 7.92. The molecule has 0 bridgehead atoms. The van der Waals surface area contributed by atoms with Crippen LogP contribution in [-0.4, -0.2) is 8.32 Å². The molecule has 0 spiro atoms. The van der Waals surface area contributed by atoms with Crippen molar-refractivity contribution in [1.29, 1.82) is 0 Å². The van der Waals surface area contributed by atoms with E-state index in [-0.39, 0.29) is 5.04 Å². The van der Waals surface area contributed by atoms with E-state index in [0.29, 0.717) is 5.56 Å². The summed E-state index contributed by atoms with van der Waals surface area (Å²) in [6.45, 7) is 9.29. The molecule has 2 nitrogen and oxygen atoms in total. The van der Waals surface area contributed by atoms with E-state index in [1.165, 1.54) is 0 Å². The van der Waals surface area contributed by atoms with Gasteiger partial charge in [-0.3, -0.25) is 0 Å². The van der Waals surface area contributed by atoms with E-state index in [2.05, 4.69) is 0 Å². The first-order valence-corrected chi connectivity index (χ1v) is 11.7. The number of nitrogens with two attached hydrogens (primary N) is 1. The molecule has 0 unspecified atom stereocenters. The van der Waals surface area contributed by atoms with Crippen LogP contribution in [-0.2, 0) is 4.43 Å². The summed E-state index contributed by atoms with van der Waals surface area (Å²) in [5.41, 5.74) is 5.63. The third-order valence-corrected chi connectivity index (χ3v) is 9.72. The van der Waals surface area contributed by atoms with Gasteiger partial charge in [0.2, 0.25) is 5.82 Å². The normalized spacial score (nSPS) is 14.8. The van der Waals surface area contributed by atoms with Gasteiger partial charge < -0.3 is 10.2 Å². The molecule has 0 aliphatic rings. The zero-order valence-electron chi connectivity index (χ0n) is 16.4. The van der Waals surface area contributed by atoms with E-state index >= 15 is 0 Å². The lowest BCUT2D eigenvalue weighted by Crippen LogP contribution is -2.44. The van der Waals surface area contributed by atoms with Crippen molar-refractivity contribution in [3.05, 3.63) is 70.5 Å². The lowest BCUT2D eigenvalue weighted by molar-refractivity contribution is 0.142. The van der Waals surface area contributed by atoms with E-state index in [0.717, 1.165) is 0 Å². The van der Waals surface area contributed by atoms with Gasteiger partial charge in [-0.1, -0.05) is 51.1 Å². The van der Waals surface area contributed by atoms with Crippen molar-refractivity contribution in [3.8, 4) is 0 Å². The van der Waals surface area contributed by atoms with Gasteiger partial charge in [0.05, 0.1) is 17.7 Å². The van der Waals surface area contributed by atoms with Crippen LogP contribution in [0.5, 0.6) is 0 Å². The number of rotatable bonds is 5. The molecule has 0 saturated heterocycles. The predicted molar refractivity (Wildman–Crippen MR) is 101 cm³/mol. The molecule has 8 heteroatoms. The number of hydrogen-bond acceptors (Lipinski definition) is 2. The van der Waals surface area contributed by atoms with Gasteiger partial charge in [0.25, 0.3) is 0 Å². The fraction of sp³-hybridized carbons (Fsp3) is 0.400. The van der Waals surface area contributed by atoms with Crippen molar-refractivity contribution >= 4 is 8.32 Å². The van der Waals surface area contributed by atoms with Crippen LogP contribution < -0.4 is 5.73 Å². The van der Waals surface area contributed by atoms with Crippen molar-refractivity contribution in [2.24, 2.45) is 5.73 Å². The summed E-state index contributed by atoms with van der Waals surface area (Å²) >= 11 is 0. The highest BCUT2D eigenvalue weighted by atomic mass is 28.4. The molecule has 28 heavy (non-hydrogen) atoms. The Labute approximate surface area is 162 Å². The standard InChI is InChI=1S/C20H24F5NOSi/c1-20(2,3)28(4,5)27-19(18(26)11-9-7-6-8-10-11)12-13(21)15(23)17(25)16(24)14(12)22/h6-10,18-19H,26H2,1-5H3/t18-,19-/m1/s1. The van der Waals surface area contributed by atoms with Crippen molar-refractivity contribution in [3.63, 3.8) is 0 Å². The van der Waals surface area contributed by atoms with E-state index in [1.807, 2.05) is 33.9 Å². The van der Waals surface area contributed by atoms with Crippen LogP contribution >= 0.6 is 0 Å². The SMILES string of the molecule is CC(C)(C)[Si](C)(C)O[C@H](c1c(F)c(F)c(F)c(F)c1F)[C@H](N)c1ccccc1.